The lowest BCUT2D eigenvalue weighted by Gasteiger charge is -2.42. The van der Waals surface area contributed by atoms with Crippen LogP contribution in [0.3, 0.4) is 0 Å². The van der Waals surface area contributed by atoms with Gasteiger partial charge in [-0.3, -0.25) is 4.90 Å². The number of nitrogens with two attached hydrogens (primary N) is 1. The van der Waals surface area contributed by atoms with Gasteiger partial charge in [0.1, 0.15) is 0 Å². The van der Waals surface area contributed by atoms with E-state index < -0.39 is 0 Å². The minimum absolute atomic E-state index is 0.231. The van der Waals surface area contributed by atoms with E-state index in [1.165, 1.54) is 17.5 Å². The first-order chi connectivity index (χ1) is 9.13. The summed E-state index contributed by atoms with van der Waals surface area (Å²) in [7, 11) is 1.74. The first-order valence-corrected chi connectivity index (χ1v) is 7.22. The average molecular weight is 262 g/mol. The molecule has 1 aliphatic heterocycles. The number of hydrogen-bond acceptors (Lipinski definition) is 3. The molecule has 1 fully saturated rings. The quantitative estimate of drug-likeness (QED) is 0.906. The lowest BCUT2D eigenvalue weighted by atomic mass is 9.89. The van der Waals surface area contributed by atoms with Crippen LogP contribution in [0.1, 0.15) is 43.9 Å². The van der Waals surface area contributed by atoms with Gasteiger partial charge in [0.25, 0.3) is 0 Å². The molecule has 0 spiro atoms. The highest BCUT2D eigenvalue weighted by Crippen LogP contribution is 2.32. The largest absolute Gasteiger partial charge is 0.380 e. The third kappa shape index (κ3) is 3.35. The molecule has 1 aromatic carbocycles. The molecule has 0 aliphatic carbocycles. The van der Waals surface area contributed by atoms with Crippen molar-refractivity contribution in [3.63, 3.8) is 0 Å². The Morgan fingerprint density at radius 3 is 2.89 bits per heavy atom. The second-order valence-electron chi connectivity index (χ2n) is 5.76. The highest BCUT2D eigenvalue weighted by molar-refractivity contribution is 5.27. The van der Waals surface area contributed by atoms with E-state index in [9.17, 15) is 0 Å². The van der Waals surface area contributed by atoms with Crippen molar-refractivity contribution in [2.45, 2.75) is 51.4 Å². The number of piperidine rings is 1. The van der Waals surface area contributed by atoms with Gasteiger partial charge < -0.3 is 10.5 Å². The normalized spacial score (nSPS) is 24.9. The second kappa shape index (κ2) is 6.51. The summed E-state index contributed by atoms with van der Waals surface area (Å²) in [5, 5.41) is 0. The number of nitrogens with zero attached hydrogens (tertiary/aromatic N) is 1. The lowest BCUT2D eigenvalue weighted by molar-refractivity contribution is 0.0945. The molecule has 0 saturated carbocycles. The van der Waals surface area contributed by atoms with Crippen molar-refractivity contribution in [1.29, 1.82) is 0 Å². The summed E-state index contributed by atoms with van der Waals surface area (Å²) in [4.78, 5) is 2.53. The van der Waals surface area contributed by atoms with Crippen LogP contribution in [0.2, 0.25) is 0 Å². The van der Waals surface area contributed by atoms with Crippen LogP contribution in [0.25, 0.3) is 0 Å². The molecule has 2 rings (SSSR count). The highest BCUT2D eigenvalue weighted by atomic mass is 16.5. The molecule has 2 atom stereocenters. The van der Waals surface area contributed by atoms with E-state index in [-0.39, 0.29) is 6.04 Å². The fraction of sp³-hybridized carbons (Fsp3) is 0.625. The van der Waals surface area contributed by atoms with Crippen LogP contribution >= 0.6 is 0 Å². The Morgan fingerprint density at radius 2 is 2.21 bits per heavy atom. The molecule has 1 heterocycles. The van der Waals surface area contributed by atoms with Gasteiger partial charge in [0, 0.05) is 19.2 Å². The van der Waals surface area contributed by atoms with Gasteiger partial charge in [-0.1, -0.05) is 24.3 Å². The van der Waals surface area contributed by atoms with Crippen molar-refractivity contribution in [3.05, 3.63) is 35.4 Å². The molecule has 0 bridgehead atoms. The molecule has 2 unspecified atom stereocenters. The Bertz CT molecular complexity index is 405. The van der Waals surface area contributed by atoms with Crippen LogP contribution in [0, 0.1) is 0 Å². The molecule has 3 nitrogen and oxygen atoms in total. The summed E-state index contributed by atoms with van der Waals surface area (Å²) < 4.78 is 5.23. The SMILES string of the molecule is COCc1cccc(C2C(N)CCCN2C(C)C)c1. The van der Waals surface area contributed by atoms with Gasteiger partial charge in [-0.15, -0.1) is 0 Å². The minimum Gasteiger partial charge on any atom is -0.380 e. The number of ether oxygens (including phenoxy) is 1. The monoisotopic (exact) mass is 262 g/mol. The summed E-state index contributed by atoms with van der Waals surface area (Å²) in [6.07, 6.45) is 2.32. The summed E-state index contributed by atoms with van der Waals surface area (Å²) in [5.74, 6) is 0. The molecular weight excluding hydrogens is 236 g/mol. The molecule has 0 amide bonds. The molecule has 106 valence electrons. The fourth-order valence-corrected chi connectivity index (χ4v) is 3.10. The van der Waals surface area contributed by atoms with E-state index in [1.807, 2.05) is 0 Å². The Morgan fingerprint density at radius 1 is 1.42 bits per heavy atom. The third-order valence-electron chi connectivity index (χ3n) is 3.98. The van der Waals surface area contributed by atoms with E-state index in [1.54, 1.807) is 7.11 Å². The van der Waals surface area contributed by atoms with Crippen LogP contribution < -0.4 is 5.73 Å². The van der Waals surface area contributed by atoms with E-state index in [0.717, 1.165) is 13.0 Å². The van der Waals surface area contributed by atoms with Gasteiger partial charge in [-0.25, -0.2) is 0 Å². The Hall–Kier alpha value is -0.900. The molecule has 1 aliphatic rings. The van der Waals surface area contributed by atoms with E-state index in [2.05, 4.69) is 43.0 Å². The van der Waals surface area contributed by atoms with Crippen LogP contribution in [0.15, 0.2) is 24.3 Å². The van der Waals surface area contributed by atoms with Gasteiger partial charge in [-0.05, 0) is 44.4 Å². The zero-order chi connectivity index (χ0) is 13.8. The predicted molar refractivity (Wildman–Crippen MR) is 78.9 cm³/mol. The van der Waals surface area contributed by atoms with Crippen molar-refractivity contribution in [2.75, 3.05) is 13.7 Å². The second-order valence-corrected chi connectivity index (χ2v) is 5.76. The smallest absolute Gasteiger partial charge is 0.0713 e. The summed E-state index contributed by atoms with van der Waals surface area (Å²) in [5.41, 5.74) is 8.94. The van der Waals surface area contributed by atoms with Gasteiger partial charge >= 0.3 is 0 Å². The Labute approximate surface area is 116 Å². The highest BCUT2D eigenvalue weighted by Gasteiger charge is 2.31. The zero-order valence-corrected chi connectivity index (χ0v) is 12.3. The number of benzene rings is 1. The lowest BCUT2D eigenvalue weighted by Crippen LogP contribution is -2.48. The maximum Gasteiger partial charge on any atom is 0.0713 e. The number of hydrogen-bond donors (Lipinski definition) is 1. The van der Waals surface area contributed by atoms with Gasteiger partial charge in [0.2, 0.25) is 0 Å². The van der Waals surface area contributed by atoms with E-state index in [4.69, 9.17) is 10.5 Å². The van der Waals surface area contributed by atoms with Crippen LogP contribution in [0.5, 0.6) is 0 Å². The molecule has 1 saturated heterocycles. The maximum absolute atomic E-state index is 6.39. The van der Waals surface area contributed by atoms with Crippen LogP contribution in [-0.2, 0) is 11.3 Å². The molecular formula is C16H26N2O. The molecule has 0 radical (unpaired) electrons. The first-order valence-electron chi connectivity index (χ1n) is 7.22. The molecule has 1 aromatic rings. The topological polar surface area (TPSA) is 38.5 Å². The number of rotatable bonds is 4. The van der Waals surface area contributed by atoms with Crippen molar-refractivity contribution in [1.82, 2.24) is 4.90 Å². The molecule has 0 aromatic heterocycles. The predicted octanol–water partition coefficient (Wildman–Crippen LogP) is 2.71. The summed E-state index contributed by atoms with van der Waals surface area (Å²) >= 11 is 0. The number of likely N-dealkylation sites (tertiary alicyclic amines) is 1. The van der Waals surface area contributed by atoms with Crippen LogP contribution in [-0.4, -0.2) is 30.6 Å². The van der Waals surface area contributed by atoms with Crippen molar-refractivity contribution in [3.8, 4) is 0 Å². The Kier molecular flexibility index (Phi) is 4.97. The van der Waals surface area contributed by atoms with Crippen LogP contribution in [0.4, 0.5) is 0 Å². The molecule has 3 heteroatoms. The number of methoxy groups -OCH3 is 1. The standard InChI is InChI=1S/C16H26N2O/c1-12(2)18-9-5-8-15(17)16(18)14-7-4-6-13(10-14)11-19-3/h4,6-7,10,12,15-16H,5,8-9,11,17H2,1-3H3. The van der Waals surface area contributed by atoms with E-state index in [0.29, 0.717) is 18.7 Å². The van der Waals surface area contributed by atoms with Crippen molar-refractivity contribution < 1.29 is 4.74 Å². The third-order valence-corrected chi connectivity index (χ3v) is 3.98. The van der Waals surface area contributed by atoms with Crippen molar-refractivity contribution >= 4 is 0 Å². The minimum atomic E-state index is 0.231. The zero-order valence-electron chi connectivity index (χ0n) is 12.3. The average Bonchev–Trinajstić information content (AvgIpc) is 2.39. The molecule has 2 N–H and O–H groups in total. The van der Waals surface area contributed by atoms with Gasteiger partial charge in [-0.2, -0.15) is 0 Å². The van der Waals surface area contributed by atoms with Crippen molar-refractivity contribution in [2.24, 2.45) is 5.73 Å². The summed E-state index contributed by atoms with van der Waals surface area (Å²) in [6, 6.07) is 9.77. The molecule has 19 heavy (non-hydrogen) atoms. The summed E-state index contributed by atoms with van der Waals surface area (Å²) in [6.45, 7) is 6.32. The fourth-order valence-electron chi connectivity index (χ4n) is 3.10. The van der Waals surface area contributed by atoms with Gasteiger partial charge in [0.05, 0.1) is 12.6 Å². The maximum atomic E-state index is 6.39. The van der Waals surface area contributed by atoms with Gasteiger partial charge in [0.15, 0.2) is 0 Å². The first kappa shape index (κ1) is 14.5. The van der Waals surface area contributed by atoms with E-state index >= 15 is 0 Å². The Balaban J connectivity index is 2.27.